The maximum atomic E-state index is 11.2. The zero-order valence-corrected chi connectivity index (χ0v) is 10.00. The average molecular weight is 240 g/mol. The lowest BCUT2D eigenvalue weighted by atomic mass is 10.3. The molecule has 0 bridgehead atoms. The lowest BCUT2D eigenvalue weighted by Gasteiger charge is -2.14. The second kappa shape index (κ2) is 7.13. The highest BCUT2D eigenvalue weighted by Gasteiger charge is 2.20. The van der Waals surface area contributed by atoms with Gasteiger partial charge >= 0.3 is 10.4 Å². The van der Waals surface area contributed by atoms with Gasteiger partial charge in [-0.2, -0.15) is 8.42 Å². The van der Waals surface area contributed by atoms with Crippen molar-refractivity contribution in [2.45, 2.75) is 52.0 Å². The van der Waals surface area contributed by atoms with Crippen molar-refractivity contribution < 1.29 is 16.8 Å². The third-order valence-corrected chi connectivity index (χ3v) is 2.60. The fourth-order valence-corrected chi connectivity index (χ4v) is 1.83. The van der Waals surface area contributed by atoms with Crippen LogP contribution in [0.25, 0.3) is 0 Å². The van der Waals surface area contributed by atoms with Crippen LogP contribution in [0.1, 0.15) is 39.5 Å². The second-order valence-electron chi connectivity index (χ2n) is 3.25. The van der Waals surface area contributed by atoms with Gasteiger partial charge in [0, 0.05) is 0 Å². The first-order valence-corrected chi connectivity index (χ1v) is 6.37. The van der Waals surface area contributed by atoms with E-state index in [4.69, 9.17) is 11.5 Å². The van der Waals surface area contributed by atoms with Crippen molar-refractivity contribution in [1.82, 2.24) is 0 Å². The van der Waals surface area contributed by atoms with Gasteiger partial charge in [0.25, 0.3) is 0 Å². The van der Waals surface area contributed by atoms with Crippen LogP contribution in [0, 0.1) is 0 Å². The molecule has 92 valence electrons. The van der Waals surface area contributed by atoms with Gasteiger partial charge in [-0.25, -0.2) is 8.37 Å². The molecular formula is C8H20N2O4S. The van der Waals surface area contributed by atoms with E-state index in [9.17, 15) is 8.42 Å². The Labute approximate surface area is 91.2 Å². The Morgan fingerprint density at radius 3 is 1.60 bits per heavy atom. The van der Waals surface area contributed by atoms with Crippen LogP contribution in [0.3, 0.4) is 0 Å². The lowest BCUT2D eigenvalue weighted by Crippen LogP contribution is -2.33. The zero-order chi connectivity index (χ0) is 11.9. The molecule has 2 atom stereocenters. The highest BCUT2D eigenvalue weighted by atomic mass is 32.3. The maximum absolute atomic E-state index is 11.2. The molecule has 0 saturated heterocycles. The molecule has 0 saturated carbocycles. The summed E-state index contributed by atoms with van der Waals surface area (Å²) in [5.74, 6) is 0. The van der Waals surface area contributed by atoms with Gasteiger partial charge in [-0.15, -0.1) is 0 Å². The van der Waals surface area contributed by atoms with Crippen LogP contribution < -0.4 is 11.5 Å². The number of hydrogen-bond donors (Lipinski definition) is 2. The van der Waals surface area contributed by atoms with E-state index >= 15 is 0 Å². The van der Waals surface area contributed by atoms with E-state index in [1.807, 2.05) is 13.8 Å². The summed E-state index contributed by atoms with van der Waals surface area (Å²) >= 11 is 0. The van der Waals surface area contributed by atoms with Gasteiger partial charge in [-0.3, -0.25) is 0 Å². The summed E-state index contributed by atoms with van der Waals surface area (Å²) in [4.78, 5) is 0. The Hall–Kier alpha value is -0.210. The highest BCUT2D eigenvalue weighted by molar-refractivity contribution is 7.81. The van der Waals surface area contributed by atoms with E-state index in [2.05, 4.69) is 8.37 Å². The van der Waals surface area contributed by atoms with Gasteiger partial charge in [-0.1, -0.05) is 26.7 Å². The monoisotopic (exact) mass is 240 g/mol. The Morgan fingerprint density at radius 1 is 1.00 bits per heavy atom. The van der Waals surface area contributed by atoms with Crippen LogP contribution in [0.4, 0.5) is 0 Å². The molecule has 0 aliphatic rings. The van der Waals surface area contributed by atoms with Crippen molar-refractivity contribution >= 4 is 10.4 Å². The van der Waals surface area contributed by atoms with Crippen molar-refractivity contribution in [2.24, 2.45) is 11.5 Å². The van der Waals surface area contributed by atoms with Crippen molar-refractivity contribution in [2.75, 3.05) is 0 Å². The molecule has 0 aromatic heterocycles. The van der Waals surface area contributed by atoms with Gasteiger partial charge in [-0.05, 0) is 12.8 Å². The Kier molecular flexibility index (Phi) is 7.03. The van der Waals surface area contributed by atoms with Crippen LogP contribution in [-0.4, -0.2) is 20.9 Å². The summed E-state index contributed by atoms with van der Waals surface area (Å²) in [7, 11) is -4.07. The highest BCUT2D eigenvalue weighted by Crippen LogP contribution is 2.07. The topological polar surface area (TPSA) is 105 Å². The number of nitrogens with two attached hydrogens (primary N) is 2. The summed E-state index contributed by atoms with van der Waals surface area (Å²) in [5.41, 5.74) is 10.8. The van der Waals surface area contributed by atoms with Gasteiger partial charge in [0.15, 0.2) is 0 Å². The summed E-state index contributed by atoms with van der Waals surface area (Å²) in [5, 5.41) is 0. The summed E-state index contributed by atoms with van der Waals surface area (Å²) in [6.45, 7) is 3.75. The third kappa shape index (κ3) is 7.69. The van der Waals surface area contributed by atoms with Crippen LogP contribution in [0.5, 0.6) is 0 Å². The van der Waals surface area contributed by atoms with Gasteiger partial charge < -0.3 is 11.5 Å². The molecule has 0 aliphatic heterocycles. The first-order chi connectivity index (χ1) is 6.91. The van der Waals surface area contributed by atoms with E-state index in [1.165, 1.54) is 0 Å². The van der Waals surface area contributed by atoms with Crippen LogP contribution >= 0.6 is 0 Å². The first-order valence-electron chi connectivity index (χ1n) is 5.04. The Morgan fingerprint density at radius 2 is 1.33 bits per heavy atom. The van der Waals surface area contributed by atoms with Crippen molar-refractivity contribution in [3.8, 4) is 0 Å². The van der Waals surface area contributed by atoms with Crippen LogP contribution in [-0.2, 0) is 18.8 Å². The predicted molar refractivity (Wildman–Crippen MR) is 56.9 cm³/mol. The molecule has 15 heavy (non-hydrogen) atoms. The number of rotatable bonds is 8. The quantitative estimate of drug-likeness (QED) is 0.596. The molecule has 0 amide bonds. The molecule has 0 heterocycles. The van der Waals surface area contributed by atoms with Gasteiger partial charge in [0.05, 0.1) is 0 Å². The minimum Gasteiger partial charge on any atom is -0.305 e. The lowest BCUT2D eigenvalue weighted by molar-refractivity contribution is 0.119. The molecule has 0 aliphatic carbocycles. The molecule has 0 aromatic rings. The van der Waals surface area contributed by atoms with E-state index in [0.29, 0.717) is 12.8 Å². The molecule has 7 heteroatoms. The second-order valence-corrected chi connectivity index (χ2v) is 4.46. The standard InChI is InChI=1S/C8H20N2O4S/c1-3-5-7(9)13-15(11,12)14-8(10)6-4-2/h7-8H,3-6,9-10H2,1-2H3. The smallest absolute Gasteiger partial charge is 0.305 e. The molecule has 6 nitrogen and oxygen atoms in total. The normalized spacial score (nSPS) is 16.3. The molecule has 0 radical (unpaired) electrons. The molecule has 0 aromatic carbocycles. The van der Waals surface area contributed by atoms with E-state index < -0.39 is 22.9 Å². The summed E-state index contributed by atoms with van der Waals surface area (Å²) in [6.07, 6.45) is 0.634. The minimum absolute atomic E-state index is 0.450. The third-order valence-electron chi connectivity index (χ3n) is 1.63. The van der Waals surface area contributed by atoms with Gasteiger partial charge in [0.2, 0.25) is 0 Å². The molecule has 4 N–H and O–H groups in total. The predicted octanol–water partition coefficient (Wildman–Crippen LogP) is 0.434. The Bertz CT molecular complexity index is 235. The molecule has 0 rings (SSSR count). The molecule has 0 fully saturated rings. The van der Waals surface area contributed by atoms with Crippen molar-refractivity contribution in [3.63, 3.8) is 0 Å². The molecular weight excluding hydrogens is 220 g/mol. The van der Waals surface area contributed by atoms with Crippen LogP contribution in [0.15, 0.2) is 0 Å². The summed E-state index contributed by atoms with van der Waals surface area (Å²) in [6, 6.07) is 0. The van der Waals surface area contributed by atoms with E-state index in [-0.39, 0.29) is 0 Å². The maximum Gasteiger partial charge on any atom is 0.402 e. The molecule has 0 spiro atoms. The molecule has 2 unspecified atom stereocenters. The van der Waals surface area contributed by atoms with Gasteiger partial charge in [0.1, 0.15) is 12.5 Å². The van der Waals surface area contributed by atoms with E-state index in [0.717, 1.165) is 12.8 Å². The zero-order valence-electron chi connectivity index (χ0n) is 9.18. The van der Waals surface area contributed by atoms with E-state index in [1.54, 1.807) is 0 Å². The summed E-state index contributed by atoms with van der Waals surface area (Å²) < 4.78 is 31.5. The largest absolute Gasteiger partial charge is 0.402 e. The van der Waals surface area contributed by atoms with Crippen molar-refractivity contribution in [1.29, 1.82) is 0 Å². The first kappa shape index (κ1) is 14.8. The van der Waals surface area contributed by atoms with Crippen LogP contribution in [0.2, 0.25) is 0 Å². The minimum atomic E-state index is -4.07. The fraction of sp³-hybridized carbons (Fsp3) is 1.00. The Balaban J connectivity index is 4.07. The SMILES string of the molecule is CCCC(N)OS(=O)(=O)OC(N)CCC. The number of hydrogen-bond acceptors (Lipinski definition) is 6. The fourth-order valence-electron chi connectivity index (χ4n) is 0.991. The average Bonchev–Trinajstić information content (AvgIpc) is 2.01. The van der Waals surface area contributed by atoms with Crippen molar-refractivity contribution in [3.05, 3.63) is 0 Å².